The lowest BCUT2D eigenvalue weighted by molar-refractivity contribution is -0.133. The minimum absolute atomic E-state index is 0.0507. The van der Waals surface area contributed by atoms with Crippen LogP contribution >= 0.6 is 0 Å². The van der Waals surface area contributed by atoms with Crippen LogP contribution in [0.4, 0.5) is 0 Å². The average Bonchev–Trinajstić information content (AvgIpc) is 2.49. The van der Waals surface area contributed by atoms with Crippen LogP contribution in [0.25, 0.3) is 0 Å². The van der Waals surface area contributed by atoms with Crippen molar-refractivity contribution in [1.29, 1.82) is 0 Å². The summed E-state index contributed by atoms with van der Waals surface area (Å²) < 4.78 is 0. The fraction of sp³-hybridized carbons (Fsp3) is 0.556. The molecule has 1 aromatic carbocycles. The molecule has 1 heterocycles. The van der Waals surface area contributed by atoms with E-state index in [1.165, 1.54) is 16.7 Å². The molecule has 0 atom stereocenters. The van der Waals surface area contributed by atoms with Crippen molar-refractivity contribution in [3.05, 3.63) is 34.9 Å². The molecule has 1 fully saturated rings. The number of benzene rings is 1. The van der Waals surface area contributed by atoms with E-state index in [0.717, 1.165) is 19.3 Å². The monoisotopic (exact) mass is 302 g/mol. The van der Waals surface area contributed by atoms with Gasteiger partial charge in [0.25, 0.3) is 0 Å². The zero-order valence-corrected chi connectivity index (χ0v) is 13.8. The third kappa shape index (κ3) is 4.33. The van der Waals surface area contributed by atoms with Crippen LogP contribution in [0.1, 0.15) is 36.5 Å². The Balaban J connectivity index is 1.75. The van der Waals surface area contributed by atoms with Crippen molar-refractivity contribution in [2.24, 2.45) is 5.92 Å². The second-order valence-corrected chi connectivity index (χ2v) is 6.25. The topological polar surface area (TPSA) is 49.4 Å². The van der Waals surface area contributed by atoms with Gasteiger partial charge in [-0.15, -0.1) is 0 Å². The SMILES string of the molecule is CC(=O)N1CCC(C(=O)NCCc2ccc(C)cc2C)CC1. The zero-order chi connectivity index (χ0) is 16.1. The number of carbonyl (C=O) groups excluding carboxylic acids is 2. The molecule has 4 nitrogen and oxygen atoms in total. The maximum Gasteiger partial charge on any atom is 0.223 e. The van der Waals surface area contributed by atoms with Gasteiger partial charge in [-0.25, -0.2) is 0 Å². The molecule has 1 saturated heterocycles. The molecule has 0 radical (unpaired) electrons. The number of amides is 2. The molecular weight excluding hydrogens is 276 g/mol. The Morgan fingerprint density at radius 2 is 1.91 bits per heavy atom. The van der Waals surface area contributed by atoms with E-state index in [1.807, 2.05) is 4.90 Å². The highest BCUT2D eigenvalue weighted by molar-refractivity contribution is 5.79. The summed E-state index contributed by atoms with van der Waals surface area (Å²) in [6, 6.07) is 6.43. The molecule has 2 rings (SSSR count). The molecule has 120 valence electrons. The van der Waals surface area contributed by atoms with Gasteiger partial charge < -0.3 is 10.2 Å². The molecule has 2 amide bonds. The Hall–Kier alpha value is -1.84. The van der Waals surface area contributed by atoms with Crippen LogP contribution in [0.2, 0.25) is 0 Å². The number of carbonyl (C=O) groups is 2. The predicted molar refractivity (Wildman–Crippen MR) is 87.6 cm³/mol. The van der Waals surface area contributed by atoms with Crippen molar-refractivity contribution in [2.75, 3.05) is 19.6 Å². The quantitative estimate of drug-likeness (QED) is 0.927. The zero-order valence-electron chi connectivity index (χ0n) is 13.8. The van der Waals surface area contributed by atoms with Gasteiger partial charge in [-0.2, -0.15) is 0 Å². The van der Waals surface area contributed by atoms with E-state index in [4.69, 9.17) is 0 Å². The summed E-state index contributed by atoms with van der Waals surface area (Å²) in [5, 5.41) is 3.04. The minimum atomic E-state index is 0.0507. The largest absolute Gasteiger partial charge is 0.356 e. The highest BCUT2D eigenvalue weighted by atomic mass is 16.2. The van der Waals surface area contributed by atoms with Crippen molar-refractivity contribution < 1.29 is 9.59 Å². The van der Waals surface area contributed by atoms with Gasteiger partial charge in [-0.05, 0) is 44.2 Å². The van der Waals surface area contributed by atoms with Crippen molar-refractivity contribution in [2.45, 2.75) is 40.0 Å². The van der Waals surface area contributed by atoms with Crippen LogP contribution in [-0.4, -0.2) is 36.3 Å². The maximum atomic E-state index is 12.2. The first-order valence-electron chi connectivity index (χ1n) is 8.06. The van der Waals surface area contributed by atoms with Gasteiger partial charge >= 0.3 is 0 Å². The number of piperidine rings is 1. The fourth-order valence-corrected chi connectivity index (χ4v) is 3.05. The average molecular weight is 302 g/mol. The third-order valence-electron chi connectivity index (χ3n) is 4.50. The summed E-state index contributed by atoms with van der Waals surface area (Å²) in [5.41, 5.74) is 3.84. The fourth-order valence-electron chi connectivity index (χ4n) is 3.05. The van der Waals surface area contributed by atoms with Crippen LogP contribution in [0, 0.1) is 19.8 Å². The third-order valence-corrected chi connectivity index (χ3v) is 4.50. The standard InChI is InChI=1S/C18H26N2O2/c1-13-4-5-16(14(2)12-13)6-9-19-18(22)17-7-10-20(11-8-17)15(3)21/h4-5,12,17H,6-11H2,1-3H3,(H,19,22). The summed E-state index contributed by atoms with van der Waals surface area (Å²) in [6.45, 7) is 7.86. The van der Waals surface area contributed by atoms with Crippen LogP contribution < -0.4 is 5.32 Å². The number of rotatable bonds is 4. The van der Waals surface area contributed by atoms with Crippen LogP contribution in [-0.2, 0) is 16.0 Å². The number of hydrogen-bond donors (Lipinski definition) is 1. The van der Waals surface area contributed by atoms with E-state index < -0.39 is 0 Å². The molecule has 22 heavy (non-hydrogen) atoms. The normalized spacial score (nSPS) is 15.7. The van der Waals surface area contributed by atoms with Gasteiger partial charge in [-0.3, -0.25) is 9.59 Å². The van der Waals surface area contributed by atoms with E-state index >= 15 is 0 Å². The van der Waals surface area contributed by atoms with Crippen LogP contribution in [0.15, 0.2) is 18.2 Å². The van der Waals surface area contributed by atoms with Gasteiger partial charge in [0.2, 0.25) is 11.8 Å². The first-order chi connectivity index (χ1) is 10.5. The predicted octanol–water partition coefficient (Wildman–Crippen LogP) is 2.22. The Labute approximate surface area is 132 Å². The molecule has 1 aliphatic rings. The molecule has 0 aromatic heterocycles. The number of hydrogen-bond acceptors (Lipinski definition) is 2. The highest BCUT2D eigenvalue weighted by Gasteiger charge is 2.25. The summed E-state index contributed by atoms with van der Waals surface area (Å²) >= 11 is 0. The molecule has 0 saturated carbocycles. The highest BCUT2D eigenvalue weighted by Crippen LogP contribution is 2.17. The van der Waals surface area contributed by atoms with Crippen molar-refractivity contribution in [3.8, 4) is 0 Å². The van der Waals surface area contributed by atoms with Gasteiger partial charge in [-0.1, -0.05) is 23.8 Å². The Kier molecular flexibility index (Phi) is 5.58. The number of aryl methyl sites for hydroxylation is 2. The van der Waals surface area contributed by atoms with E-state index in [9.17, 15) is 9.59 Å². The molecule has 1 aromatic rings. The lowest BCUT2D eigenvalue weighted by atomic mass is 9.95. The molecule has 1 N–H and O–H groups in total. The van der Waals surface area contributed by atoms with Crippen molar-refractivity contribution in [1.82, 2.24) is 10.2 Å². The van der Waals surface area contributed by atoms with E-state index in [2.05, 4.69) is 37.4 Å². The molecule has 0 unspecified atom stereocenters. The summed E-state index contributed by atoms with van der Waals surface area (Å²) in [5.74, 6) is 0.288. The van der Waals surface area contributed by atoms with Gasteiger partial charge in [0.05, 0.1) is 0 Å². The molecule has 1 aliphatic heterocycles. The van der Waals surface area contributed by atoms with Gasteiger partial charge in [0, 0.05) is 32.5 Å². The molecule has 0 bridgehead atoms. The lowest BCUT2D eigenvalue weighted by Crippen LogP contribution is -2.42. The Morgan fingerprint density at radius 1 is 1.23 bits per heavy atom. The second-order valence-electron chi connectivity index (χ2n) is 6.25. The van der Waals surface area contributed by atoms with Crippen LogP contribution in [0.5, 0.6) is 0 Å². The molecular formula is C18H26N2O2. The molecule has 4 heteroatoms. The smallest absolute Gasteiger partial charge is 0.223 e. The molecule has 0 aliphatic carbocycles. The van der Waals surface area contributed by atoms with Gasteiger partial charge in [0.1, 0.15) is 0 Å². The summed E-state index contributed by atoms with van der Waals surface area (Å²) in [7, 11) is 0. The second kappa shape index (κ2) is 7.43. The van der Waals surface area contributed by atoms with E-state index in [-0.39, 0.29) is 17.7 Å². The van der Waals surface area contributed by atoms with Gasteiger partial charge in [0.15, 0.2) is 0 Å². The summed E-state index contributed by atoms with van der Waals surface area (Å²) in [4.78, 5) is 25.3. The first kappa shape index (κ1) is 16.5. The Bertz CT molecular complexity index is 546. The lowest BCUT2D eigenvalue weighted by Gasteiger charge is -2.30. The number of likely N-dealkylation sites (tertiary alicyclic amines) is 1. The van der Waals surface area contributed by atoms with Crippen LogP contribution in [0.3, 0.4) is 0 Å². The minimum Gasteiger partial charge on any atom is -0.356 e. The van der Waals surface area contributed by atoms with E-state index in [0.29, 0.717) is 19.6 Å². The number of nitrogens with zero attached hydrogens (tertiary/aromatic N) is 1. The first-order valence-corrected chi connectivity index (χ1v) is 8.06. The van der Waals surface area contributed by atoms with E-state index in [1.54, 1.807) is 6.92 Å². The Morgan fingerprint density at radius 3 is 2.50 bits per heavy atom. The number of nitrogens with one attached hydrogen (secondary N) is 1. The summed E-state index contributed by atoms with van der Waals surface area (Å²) in [6.07, 6.45) is 2.41. The van der Waals surface area contributed by atoms with Crippen molar-refractivity contribution in [3.63, 3.8) is 0 Å². The maximum absolute atomic E-state index is 12.2. The molecule has 0 spiro atoms. The van der Waals surface area contributed by atoms with Crippen molar-refractivity contribution >= 4 is 11.8 Å².